The topological polar surface area (TPSA) is 80.9 Å². The molecule has 4 N–H and O–H groups in total. The summed E-state index contributed by atoms with van der Waals surface area (Å²) >= 11 is 0. The molecule has 0 aliphatic rings. The van der Waals surface area contributed by atoms with Gasteiger partial charge in [-0.05, 0) is 19.8 Å². The fourth-order valence-electron chi connectivity index (χ4n) is 1.61. The summed E-state index contributed by atoms with van der Waals surface area (Å²) in [5.74, 6) is 0. The van der Waals surface area contributed by atoms with E-state index >= 15 is 0 Å². The predicted molar refractivity (Wildman–Crippen MR) is 53.8 cm³/mol. The van der Waals surface area contributed by atoms with Crippen LogP contribution in [0.1, 0.15) is 40.0 Å². The van der Waals surface area contributed by atoms with Crippen LogP contribution in [0.25, 0.3) is 0 Å². The molecule has 4 atom stereocenters. The van der Waals surface area contributed by atoms with E-state index in [1.807, 2.05) is 6.92 Å². The number of aliphatic hydroxyl groups is 4. The van der Waals surface area contributed by atoms with Crippen molar-refractivity contribution in [1.82, 2.24) is 0 Å². The van der Waals surface area contributed by atoms with Gasteiger partial charge in [-0.3, -0.25) is 0 Å². The zero-order valence-electron chi connectivity index (χ0n) is 9.14. The fraction of sp³-hybridized carbons (Fsp3) is 1.00. The van der Waals surface area contributed by atoms with Crippen LogP contribution >= 0.6 is 0 Å². The molecule has 86 valence electrons. The third-order valence-electron chi connectivity index (χ3n) is 2.69. The first-order chi connectivity index (χ1) is 6.41. The minimum Gasteiger partial charge on any atom is -0.390 e. The lowest BCUT2D eigenvalue weighted by molar-refractivity contribution is -0.197. The monoisotopic (exact) mass is 206 g/mol. The summed E-state index contributed by atoms with van der Waals surface area (Å²) in [5, 5.41) is 38.7. The molecule has 4 unspecified atom stereocenters. The van der Waals surface area contributed by atoms with Gasteiger partial charge in [0.05, 0.1) is 18.3 Å². The van der Waals surface area contributed by atoms with Crippen molar-refractivity contribution in [3.8, 4) is 0 Å². The van der Waals surface area contributed by atoms with Crippen molar-refractivity contribution in [2.75, 3.05) is 0 Å². The molecule has 0 rings (SSSR count). The zero-order valence-corrected chi connectivity index (χ0v) is 9.14. The van der Waals surface area contributed by atoms with Crippen LogP contribution in [-0.2, 0) is 0 Å². The van der Waals surface area contributed by atoms with Crippen LogP contribution in [0.5, 0.6) is 0 Å². The molecule has 0 saturated heterocycles. The van der Waals surface area contributed by atoms with Gasteiger partial charge in [0.15, 0.2) is 0 Å². The molecule has 0 aliphatic carbocycles. The highest BCUT2D eigenvalue weighted by Crippen LogP contribution is 2.25. The van der Waals surface area contributed by atoms with Crippen LogP contribution < -0.4 is 0 Å². The Hall–Kier alpha value is -0.160. The van der Waals surface area contributed by atoms with Crippen molar-refractivity contribution in [3.05, 3.63) is 0 Å². The highest BCUT2D eigenvalue weighted by molar-refractivity contribution is 4.96. The fourth-order valence-corrected chi connectivity index (χ4v) is 1.61. The Morgan fingerprint density at radius 1 is 1.07 bits per heavy atom. The van der Waals surface area contributed by atoms with Gasteiger partial charge in [0.2, 0.25) is 0 Å². The average Bonchev–Trinajstić information content (AvgIpc) is 2.15. The highest BCUT2D eigenvalue weighted by Gasteiger charge is 2.45. The van der Waals surface area contributed by atoms with E-state index in [2.05, 4.69) is 0 Å². The molecule has 4 heteroatoms. The van der Waals surface area contributed by atoms with E-state index in [1.54, 1.807) is 6.92 Å². The van der Waals surface area contributed by atoms with Crippen LogP contribution in [0.4, 0.5) is 0 Å². The Kier molecular flexibility index (Phi) is 5.59. The first-order valence-electron chi connectivity index (χ1n) is 5.17. The van der Waals surface area contributed by atoms with Crippen LogP contribution in [0.15, 0.2) is 0 Å². The lowest BCUT2D eigenvalue weighted by Gasteiger charge is -2.39. The Morgan fingerprint density at radius 2 is 1.57 bits per heavy atom. The summed E-state index contributed by atoms with van der Waals surface area (Å²) in [5.41, 5.74) is -1.81. The Morgan fingerprint density at radius 3 is 1.86 bits per heavy atom. The molecular formula is C10H22O4. The maximum atomic E-state index is 10.0. The molecule has 0 aliphatic heterocycles. The van der Waals surface area contributed by atoms with Crippen molar-refractivity contribution < 1.29 is 20.4 Å². The SMILES string of the molecule is CCCC(O)C(O)(C(C)O)C(O)CC. The van der Waals surface area contributed by atoms with Gasteiger partial charge in [0, 0.05) is 0 Å². The Bertz CT molecular complexity index is 160. The van der Waals surface area contributed by atoms with E-state index in [0.717, 1.165) is 0 Å². The molecule has 0 radical (unpaired) electrons. The summed E-state index contributed by atoms with van der Waals surface area (Å²) in [4.78, 5) is 0. The molecule has 0 aromatic heterocycles. The van der Waals surface area contributed by atoms with Crippen LogP contribution in [0.3, 0.4) is 0 Å². The quantitative estimate of drug-likeness (QED) is 0.494. The lowest BCUT2D eigenvalue weighted by atomic mass is 9.82. The number of aliphatic hydroxyl groups excluding tert-OH is 3. The summed E-state index contributed by atoms with van der Waals surface area (Å²) in [6.45, 7) is 4.93. The largest absolute Gasteiger partial charge is 0.390 e. The third kappa shape index (κ3) is 2.67. The molecule has 0 heterocycles. The van der Waals surface area contributed by atoms with Gasteiger partial charge < -0.3 is 20.4 Å². The number of hydrogen-bond donors (Lipinski definition) is 4. The minimum absolute atomic E-state index is 0.294. The molecule has 14 heavy (non-hydrogen) atoms. The number of rotatable bonds is 6. The minimum atomic E-state index is -1.81. The van der Waals surface area contributed by atoms with Gasteiger partial charge >= 0.3 is 0 Å². The molecular weight excluding hydrogens is 184 g/mol. The second kappa shape index (κ2) is 5.66. The standard InChI is InChI=1S/C10H22O4/c1-4-6-9(13)10(14,7(3)11)8(12)5-2/h7-9,11-14H,4-6H2,1-3H3. The Labute approximate surface area is 85.2 Å². The highest BCUT2D eigenvalue weighted by atomic mass is 16.4. The number of hydrogen-bond acceptors (Lipinski definition) is 4. The van der Waals surface area contributed by atoms with E-state index in [4.69, 9.17) is 0 Å². The molecule has 0 amide bonds. The zero-order chi connectivity index (χ0) is 11.4. The smallest absolute Gasteiger partial charge is 0.141 e. The van der Waals surface area contributed by atoms with E-state index < -0.39 is 23.9 Å². The second-order valence-electron chi connectivity index (χ2n) is 3.79. The van der Waals surface area contributed by atoms with Gasteiger partial charge in [0.1, 0.15) is 5.60 Å². The van der Waals surface area contributed by atoms with Crippen LogP contribution in [0.2, 0.25) is 0 Å². The molecule has 4 nitrogen and oxygen atoms in total. The normalized spacial score (nSPS) is 22.5. The summed E-state index contributed by atoms with van der Waals surface area (Å²) in [6, 6.07) is 0. The summed E-state index contributed by atoms with van der Waals surface area (Å²) in [7, 11) is 0. The van der Waals surface area contributed by atoms with E-state index in [0.29, 0.717) is 19.3 Å². The van der Waals surface area contributed by atoms with Gasteiger partial charge in [-0.25, -0.2) is 0 Å². The molecule has 0 saturated carbocycles. The second-order valence-corrected chi connectivity index (χ2v) is 3.79. The Balaban J connectivity index is 4.70. The van der Waals surface area contributed by atoms with Gasteiger partial charge in [-0.1, -0.05) is 20.3 Å². The summed E-state index contributed by atoms with van der Waals surface area (Å²) < 4.78 is 0. The lowest BCUT2D eigenvalue weighted by Crippen LogP contribution is -2.59. The van der Waals surface area contributed by atoms with Gasteiger partial charge in [0.25, 0.3) is 0 Å². The van der Waals surface area contributed by atoms with Gasteiger partial charge in [-0.15, -0.1) is 0 Å². The van der Waals surface area contributed by atoms with Crippen molar-refractivity contribution in [3.63, 3.8) is 0 Å². The summed E-state index contributed by atoms with van der Waals surface area (Å²) in [6.07, 6.45) is -2.02. The maximum absolute atomic E-state index is 10.0. The van der Waals surface area contributed by atoms with Crippen molar-refractivity contribution in [2.24, 2.45) is 0 Å². The average molecular weight is 206 g/mol. The van der Waals surface area contributed by atoms with E-state index in [1.165, 1.54) is 6.92 Å². The molecule has 0 aromatic carbocycles. The molecule has 0 bridgehead atoms. The van der Waals surface area contributed by atoms with E-state index in [-0.39, 0.29) is 0 Å². The van der Waals surface area contributed by atoms with Crippen molar-refractivity contribution >= 4 is 0 Å². The van der Waals surface area contributed by atoms with Gasteiger partial charge in [-0.2, -0.15) is 0 Å². The maximum Gasteiger partial charge on any atom is 0.141 e. The molecule has 0 aromatic rings. The van der Waals surface area contributed by atoms with Crippen molar-refractivity contribution in [2.45, 2.75) is 63.9 Å². The third-order valence-corrected chi connectivity index (χ3v) is 2.69. The molecule has 0 fully saturated rings. The van der Waals surface area contributed by atoms with Crippen LogP contribution in [0, 0.1) is 0 Å². The predicted octanol–water partition coefficient (Wildman–Crippen LogP) is 0.0302. The van der Waals surface area contributed by atoms with E-state index in [9.17, 15) is 20.4 Å². The first kappa shape index (κ1) is 13.8. The first-order valence-corrected chi connectivity index (χ1v) is 5.17. The molecule has 0 spiro atoms. The van der Waals surface area contributed by atoms with Crippen molar-refractivity contribution in [1.29, 1.82) is 0 Å². The van der Waals surface area contributed by atoms with Crippen LogP contribution in [-0.4, -0.2) is 44.3 Å².